The van der Waals surface area contributed by atoms with Crippen molar-refractivity contribution in [3.05, 3.63) is 62.1 Å². The summed E-state index contributed by atoms with van der Waals surface area (Å²) in [6, 6.07) is 11.4. The number of carbonyl (C=O) groups is 1. The lowest BCUT2D eigenvalue weighted by Crippen LogP contribution is -2.22. The zero-order chi connectivity index (χ0) is 16.1. The molecule has 0 bridgehead atoms. The summed E-state index contributed by atoms with van der Waals surface area (Å²) >= 11 is 9.03. The fourth-order valence-electron chi connectivity index (χ4n) is 1.71. The van der Waals surface area contributed by atoms with E-state index >= 15 is 0 Å². The van der Waals surface area contributed by atoms with Gasteiger partial charge in [0.15, 0.2) is 0 Å². The van der Waals surface area contributed by atoms with Gasteiger partial charge in [-0.15, -0.1) is 0 Å². The summed E-state index contributed by atoms with van der Waals surface area (Å²) in [5.74, 6) is -0.395. The molecule has 0 saturated carbocycles. The van der Waals surface area contributed by atoms with Crippen LogP contribution in [0.3, 0.4) is 0 Å². The minimum absolute atomic E-state index is 0.0125. The number of nitro groups is 1. The third-order valence-electron chi connectivity index (χ3n) is 2.73. The van der Waals surface area contributed by atoms with E-state index in [0.29, 0.717) is 0 Å². The molecule has 2 N–H and O–H groups in total. The Balaban J connectivity index is 2.00. The standard InChI is InChI=1S/C14H11BrClN3O3/c15-9-1-4-11(5-2-9)17-8-14(20)18-12-6-3-10(16)7-13(12)19(21)22/h1-7,17H,8H2,(H,18,20). The van der Waals surface area contributed by atoms with Gasteiger partial charge in [-0.1, -0.05) is 27.5 Å². The minimum Gasteiger partial charge on any atom is -0.376 e. The molecule has 0 fully saturated rings. The minimum atomic E-state index is -0.594. The Labute approximate surface area is 139 Å². The van der Waals surface area contributed by atoms with Gasteiger partial charge in [0, 0.05) is 21.2 Å². The van der Waals surface area contributed by atoms with E-state index in [0.717, 1.165) is 10.2 Å². The van der Waals surface area contributed by atoms with Gasteiger partial charge in [0.2, 0.25) is 5.91 Å². The topological polar surface area (TPSA) is 84.3 Å². The SMILES string of the molecule is O=C(CNc1ccc(Br)cc1)Nc1ccc(Cl)cc1[N+](=O)[O-]. The Bertz CT molecular complexity index is 707. The molecule has 0 unspecified atom stereocenters. The highest BCUT2D eigenvalue weighted by molar-refractivity contribution is 9.10. The zero-order valence-electron chi connectivity index (χ0n) is 11.2. The van der Waals surface area contributed by atoms with Gasteiger partial charge in [0.1, 0.15) is 5.69 Å². The molecule has 0 spiro atoms. The smallest absolute Gasteiger partial charge is 0.294 e. The van der Waals surface area contributed by atoms with E-state index in [-0.39, 0.29) is 22.9 Å². The predicted molar refractivity (Wildman–Crippen MR) is 89.4 cm³/mol. The molecule has 0 radical (unpaired) electrons. The highest BCUT2D eigenvalue weighted by Gasteiger charge is 2.16. The molecule has 2 aromatic rings. The summed E-state index contributed by atoms with van der Waals surface area (Å²) in [4.78, 5) is 22.2. The second-order valence-electron chi connectivity index (χ2n) is 4.33. The van der Waals surface area contributed by atoms with Gasteiger partial charge in [0.25, 0.3) is 5.69 Å². The van der Waals surface area contributed by atoms with Gasteiger partial charge in [-0.3, -0.25) is 14.9 Å². The summed E-state index contributed by atoms with van der Waals surface area (Å²) in [7, 11) is 0. The van der Waals surface area contributed by atoms with Crippen molar-refractivity contribution in [2.45, 2.75) is 0 Å². The van der Waals surface area contributed by atoms with Crippen molar-refractivity contribution in [1.29, 1.82) is 0 Å². The molecule has 0 atom stereocenters. The van der Waals surface area contributed by atoms with Crippen LogP contribution in [0.15, 0.2) is 46.9 Å². The normalized spacial score (nSPS) is 10.1. The number of amides is 1. The maximum absolute atomic E-state index is 11.9. The molecular weight excluding hydrogens is 374 g/mol. The van der Waals surface area contributed by atoms with E-state index < -0.39 is 10.8 Å². The summed E-state index contributed by atoms with van der Waals surface area (Å²) in [6.45, 7) is -0.0125. The van der Waals surface area contributed by atoms with E-state index in [9.17, 15) is 14.9 Å². The molecule has 114 valence electrons. The average Bonchev–Trinajstić information content (AvgIpc) is 2.48. The number of nitrogens with zero attached hydrogens (tertiary/aromatic N) is 1. The van der Waals surface area contributed by atoms with Crippen molar-refractivity contribution >= 4 is 50.5 Å². The molecule has 0 heterocycles. The number of hydrogen-bond donors (Lipinski definition) is 2. The van der Waals surface area contributed by atoms with Gasteiger partial charge < -0.3 is 10.6 Å². The second kappa shape index (κ2) is 7.24. The van der Waals surface area contributed by atoms with Crippen LogP contribution < -0.4 is 10.6 Å². The fraction of sp³-hybridized carbons (Fsp3) is 0.0714. The van der Waals surface area contributed by atoms with E-state index in [4.69, 9.17) is 11.6 Å². The number of nitrogens with one attached hydrogen (secondary N) is 2. The van der Waals surface area contributed by atoms with Gasteiger partial charge in [-0.25, -0.2) is 0 Å². The van der Waals surface area contributed by atoms with Crippen molar-refractivity contribution in [3.8, 4) is 0 Å². The fourth-order valence-corrected chi connectivity index (χ4v) is 2.14. The van der Waals surface area contributed by atoms with Crippen LogP contribution in [0.4, 0.5) is 17.1 Å². The molecule has 2 aromatic carbocycles. The van der Waals surface area contributed by atoms with Crippen LogP contribution in [0.2, 0.25) is 5.02 Å². The van der Waals surface area contributed by atoms with Crippen LogP contribution >= 0.6 is 27.5 Å². The maximum Gasteiger partial charge on any atom is 0.294 e. The van der Waals surface area contributed by atoms with Crippen LogP contribution in [0.25, 0.3) is 0 Å². The quantitative estimate of drug-likeness (QED) is 0.601. The largest absolute Gasteiger partial charge is 0.376 e. The molecule has 1 amide bonds. The maximum atomic E-state index is 11.9. The van der Waals surface area contributed by atoms with Crippen molar-refractivity contribution < 1.29 is 9.72 Å². The number of carbonyl (C=O) groups excluding carboxylic acids is 1. The Morgan fingerprint density at radius 3 is 2.55 bits per heavy atom. The van der Waals surface area contributed by atoms with E-state index in [1.54, 1.807) is 0 Å². The summed E-state index contributed by atoms with van der Waals surface area (Å²) in [6.07, 6.45) is 0. The first kappa shape index (κ1) is 16.3. The first-order chi connectivity index (χ1) is 10.5. The van der Waals surface area contributed by atoms with Crippen molar-refractivity contribution in [3.63, 3.8) is 0 Å². The third kappa shape index (κ3) is 4.44. The monoisotopic (exact) mass is 383 g/mol. The number of halogens is 2. The Kier molecular flexibility index (Phi) is 5.35. The van der Waals surface area contributed by atoms with E-state index in [1.807, 2.05) is 24.3 Å². The van der Waals surface area contributed by atoms with Crippen LogP contribution in [0, 0.1) is 10.1 Å². The molecule has 6 nitrogen and oxygen atoms in total. The van der Waals surface area contributed by atoms with Crippen molar-refractivity contribution in [2.24, 2.45) is 0 Å². The molecule has 8 heteroatoms. The number of anilines is 2. The first-order valence-electron chi connectivity index (χ1n) is 6.19. The number of rotatable bonds is 5. The molecule has 0 aliphatic heterocycles. The summed E-state index contributed by atoms with van der Waals surface area (Å²) in [5, 5.41) is 16.6. The number of hydrogen-bond acceptors (Lipinski definition) is 4. The van der Waals surface area contributed by atoms with Crippen LogP contribution in [0.1, 0.15) is 0 Å². The molecule has 0 aliphatic carbocycles. The van der Waals surface area contributed by atoms with Crippen LogP contribution in [0.5, 0.6) is 0 Å². The van der Waals surface area contributed by atoms with E-state index in [1.165, 1.54) is 18.2 Å². The van der Waals surface area contributed by atoms with Gasteiger partial charge in [-0.2, -0.15) is 0 Å². The third-order valence-corrected chi connectivity index (χ3v) is 3.49. The number of benzene rings is 2. The molecule has 22 heavy (non-hydrogen) atoms. The van der Waals surface area contributed by atoms with Crippen LogP contribution in [-0.2, 0) is 4.79 Å². The lowest BCUT2D eigenvalue weighted by Gasteiger charge is -2.08. The Morgan fingerprint density at radius 2 is 1.91 bits per heavy atom. The lowest BCUT2D eigenvalue weighted by molar-refractivity contribution is -0.383. The van der Waals surface area contributed by atoms with Crippen molar-refractivity contribution in [1.82, 2.24) is 0 Å². The lowest BCUT2D eigenvalue weighted by atomic mass is 10.2. The van der Waals surface area contributed by atoms with Gasteiger partial charge >= 0.3 is 0 Å². The highest BCUT2D eigenvalue weighted by Crippen LogP contribution is 2.27. The summed E-state index contributed by atoms with van der Waals surface area (Å²) in [5.41, 5.74) is 0.630. The molecular formula is C14H11BrClN3O3. The molecule has 0 aromatic heterocycles. The van der Waals surface area contributed by atoms with Crippen LogP contribution in [-0.4, -0.2) is 17.4 Å². The Hall–Kier alpha value is -2.12. The predicted octanol–water partition coefficient (Wildman–Crippen LogP) is 4.06. The molecule has 0 saturated heterocycles. The second-order valence-corrected chi connectivity index (χ2v) is 5.68. The Morgan fingerprint density at radius 1 is 1.23 bits per heavy atom. The average molecular weight is 385 g/mol. The van der Waals surface area contributed by atoms with E-state index in [2.05, 4.69) is 26.6 Å². The number of nitro benzene ring substituents is 1. The molecule has 2 rings (SSSR count). The first-order valence-corrected chi connectivity index (χ1v) is 7.36. The summed E-state index contributed by atoms with van der Waals surface area (Å²) < 4.78 is 0.930. The van der Waals surface area contributed by atoms with Gasteiger partial charge in [-0.05, 0) is 36.4 Å². The molecule has 0 aliphatic rings. The van der Waals surface area contributed by atoms with Gasteiger partial charge in [0.05, 0.1) is 11.5 Å². The van der Waals surface area contributed by atoms with Crippen molar-refractivity contribution in [2.75, 3.05) is 17.2 Å². The zero-order valence-corrected chi connectivity index (χ0v) is 13.5. The highest BCUT2D eigenvalue weighted by atomic mass is 79.9.